The van der Waals surface area contributed by atoms with Crippen LogP contribution in [-0.4, -0.2) is 6.54 Å². The van der Waals surface area contributed by atoms with Gasteiger partial charge in [-0.05, 0) is 11.5 Å². The van der Waals surface area contributed by atoms with Crippen molar-refractivity contribution in [2.45, 2.75) is 19.9 Å². The van der Waals surface area contributed by atoms with Crippen LogP contribution in [0.25, 0.3) is 0 Å². The summed E-state index contributed by atoms with van der Waals surface area (Å²) in [6.07, 6.45) is 0. The molecule has 0 amide bonds. The lowest BCUT2D eigenvalue weighted by molar-refractivity contribution is 0.124. The summed E-state index contributed by atoms with van der Waals surface area (Å²) in [4.78, 5) is 0. The van der Waals surface area contributed by atoms with Gasteiger partial charge in [-0.25, -0.2) is 8.78 Å². The van der Waals surface area contributed by atoms with Gasteiger partial charge >= 0.3 is 0 Å². The lowest BCUT2D eigenvalue weighted by Gasteiger charge is -2.46. The largest absolute Gasteiger partial charge is 0.309 e. The van der Waals surface area contributed by atoms with Gasteiger partial charge in [-0.15, -0.1) is 0 Å². The first-order valence-corrected chi connectivity index (χ1v) is 4.70. The van der Waals surface area contributed by atoms with Crippen LogP contribution in [-0.2, 0) is 0 Å². The molecule has 1 saturated heterocycles. The second-order valence-electron chi connectivity index (χ2n) is 4.45. The minimum absolute atomic E-state index is 0.00856. The average molecular weight is 197 g/mol. The number of hydrogen-bond acceptors (Lipinski definition) is 1. The Balaban J connectivity index is 2.38. The number of halogens is 2. The molecule has 0 spiro atoms. The molecule has 1 aliphatic rings. The molecular formula is C11H13F2N. The lowest BCUT2D eigenvalue weighted by atomic mass is 9.74. The van der Waals surface area contributed by atoms with Crippen LogP contribution in [0.5, 0.6) is 0 Å². The van der Waals surface area contributed by atoms with E-state index >= 15 is 0 Å². The molecule has 3 heteroatoms. The van der Waals surface area contributed by atoms with Gasteiger partial charge in [0.25, 0.3) is 0 Å². The summed E-state index contributed by atoms with van der Waals surface area (Å²) in [7, 11) is 0. The van der Waals surface area contributed by atoms with E-state index in [1.165, 1.54) is 0 Å². The maximum absolute atomic E-state index is 13.4. The van der Waals surface area contributed by atoms with Crippen LogP contribution in [0, 0.1) is 17.0 Å². The van der Waals surface area contributed by atoms with Gasteiger partial charge in [-0.1, -0.05) is 26.0 Å². The first-order chi connectivity index (χ1) is 6.52. The summed E-state index contributed by atoms with van der Waals surface area (Å²) in [5.74, 6) is -1.50. The Morgan fingerprint density at radius 3 is 2.57 bits per heavy atom. The first-order valence-electron chi connectivity index (χ1n) is 4.70. The van der Waals surface area contributed by atoms with Crippen molar-refractivity contribution in [3.05, 3.63) is 35.4 Å². The van der Waals surface area contributed by atoms with Gasteiger partial charge in [0.15, 0.2) is 11.6 Å². The third-order valence-corrected chi connectivity index (χ3v) is 2.84. The molecule has 0 saturated carbocycles. The maximum atomic E-state index is 13.4. The molecule has 0 radical (unpaired) electrons. The summed E-state index contributed by atoms with van der Waals surface area (Å²) in [5.41, 5.74) is 0.440. The Bertz CT molecular complexity index is 360. The highest BCUT2D eigenvalue weighted by atomic mass is 19.2. The van der Waals surface area contributed by atoms with Crippen molar-refractivity contribution in [2.24, 2.45) is 5.41 Å². The molecule has 1 N–H and O–H groups in total. The van der Waals surface area contributed by atoms with Gasteiger partial charge in [0.1, 0.15) is 0 Å². The molecule has 0 bridgehead atoms. The van der Waals surface area contributed by atoms with E-state index in [9.17, 15) is 8.78 Å². The summed E-state index contributed by atoms with van der Waals surface area (Å²) in [6, 6.07) is 4.25. The Labute approximate surface area is 82.1 Å². The van der Waals surface area contributed by atoms with Crippen LogP contribution in [0.4, 0.5) is 8.78 Å². The quantitative estimate of drug-likeness (QED) is 0.729. The van der Waals surface area contributed by atoms with Crippen LogP contribution in [0.3, 0.4) is 0 Å². The molecule has 1 unspecified atom stereocenters. The normalized spacial score (nSPS) is 24.4. The van der Waals surface area contributed by atoms with Gasteiger partial charge in [0.2, 0.25) is 0 Å². The van der Waals surface area contributed by atoms with Gasteiger partial charge in [-0.3, -0.25) is 0 Å². The van der Waals surface area contributed by atoms with Crippen molar-refractivity contribution in [3.8, 4) is 0 Å². The molecule has 1 atom stereocenters. The highest BCUT2D eigenvalue weighted by Crippen LogP contribution is 2.41. The van der Waals surface area contributed by atoms with E-state index in [4.69, 9.17) is 0 Å². The molecule has 1 nitrogen and oxygen atoms in total. The van der Waals surface area contributed by atoms with E-state index in [1.54, 1.807) is 12.1 Å². The highest BCUT2D eigenvalue weighted by Gasteiger charge is 2.40. The minimum Gasteiger partial charge on any atom is -0.309 e. The smallest absolute Gasteiger partial charge is 0.163 e. The molecule has 1 aromatic carbocycles. The molecule has 0 aliphatic carbocycles. The molecule has 14 heavy (non-hydrogen) atoms. The highest BCUT2D eigenvalue weighted by molar-refractivity contribution is 5.26. The topological polar surface area (TPSA) is 12.0 Å². The van der Waals surface area contributed by atoms with Gasteiger partial charge in [0.05, 0.1) is 0 Å². The molecular weight excluding hydrogens is 184 g/mol. The van der Waals surface area contributed by atoms with Crippen LogP contribution in [0.15, 0.2) is 18.2 Å². The molecule has 1 aromatic rings. The van der Waals surface area contributed by atoms with Crippen molar-refractivity contribution in [2.75, 3.05) is 6.54 Å². The molecule has 1 aliphatic heterocycles. The number of rotatable bonds is 1. The SMILES string of the molecule is CC1(C)CNC1c1cccc(F)c1F. The standard InChI is InChI=1S/C11H13F2N/c1-11(2)6-14-10(11)7-4-3-5-8(12)9(7)13/h3-5,10,14H,6H2,1-2H3. The van der Waals surface area contributed by atoms with E-state index < -0.39 is 11.6 Å². The number of hydrogen-bond donors (Lipinski definition) is 1. The predicted molar refractivity (Wildman–Crippen MR) is 50.9 cm³/mol. The molecule has 76 valence electrons. The van der Waals surface area contributed by atoms with Gasteiger partial charge < -0.3 is 5.32 Å². The van der Waals surface area contributed by atoms with Crippen molar-refractivity contribution < 1.29 is 8.78 Å². The number of benzene rings is 1. The molecule has 1 fully saturated rings. The Hall–Kier alpha value is -0.960. The Kier molecular flexibility index (Phi) is 2.07. The van der Waals surface area contributed by atoms with E-state index in [2.05, 4.69) is 5.32 Å². The molecule has 2 rings (SSSR count). The zero-order chi connectivity index (χ0) is 10.3. The Morgan fingerprint density at radius 1 is 1.36 bits per heavy atom. The molecule has 0 aromatic heterocycles. The second-order valence-corrected chi connectivity index (χ2v) is 4.45. The van der Waals surface area contributed by atoms with Gasteiger partial charge in [0, 0.05) is 18.2 Å². The van der Waals surface area contributed by atoms with Crippen LogP contribution < -0.4 is 5.32 Å². The average Bonchev–Trinajstić information content (AvgIpc) is 2.11. The zero-order valence-corrected chi connectivity index (χ0v) is 8.27. The minimum atomic E-state index is -0.771. The van der Waals surface area contributed by atoms with Crippen LogP contribution in [0.1, 0.15) is 25.5 Å². The first kappa shape index (κ1) is 9.59. The summed E-state index contributed by atoms with van der Waals surface area (Å²) >= 11 is 0. The zero-order valence-electron chi connectivity index (χ0n) is 8.27. The second kappa shape index (κ2) is 3.02. The van der Waals surface area contributed by atoms with E-state index in [0.29, 0.717) is 5.56 Å². The van der Waals surface area contributed by atoms with Gasteiger partial charge in [-0.2, -0.15) is 0 Å². The van der Waals surface area contributed by atoms with E-state index in [-0.39, 0.29) is 11.5 Å². The van der Waals surface area contributed by atoms with Crippen molar-refractivity contribution in [1.29, 1.82) is 0 Å². The monoisotopic (exact) mass is 197 g/mol. The fourth-order valence-electron chi connectivity index (χ4n) is 1.89. The lowest BCUT2D eigenvalue weighted by Crippen LogP contribution is -2.52. The van der Waals surface area contributed by atoms with Crippen molar-refractivity contribution in [1.82, 2.24) is 5.32 Å². The third kappa shape index (κ3) is 1.32. The third-order valence-electron chi connectivity index (χ3n) is 2.84. The fourth-order valence-corrected chi connectivity index (χ4v) is 1.89. The predicted octanol–water partition coefficient (Wildman–Crippen LogP) is 2.64. The van der Waals surface area contributed by atoms with Crippen LogP contribution >= 0.6 is 0 Å². The summed E-state index contributed by atoms with van der Waals surface area (Å²) in [6.45, 7) is 4.92. The number of nitrogens with one attached hydrogen (secondary N) is 1. The summed E-state index contributed by atoms with van der Waals surface area (Å²) < 4.78 is 26.4. The maximum Gasteiger partial charge on any atom is 0.163 e. The summed E-state index contributed by atoms with van der Waals surface area (Å²) in [5, 5.41) is 3.11. The van der Waals surface area contributed by atoms with Crippen molar-refractivity contribution in [3.63, 3.8) is 0 Å². The van der Waals surface area contributed by atoms with E-state index in [1.807, 2.05) is 13.8 Å². The van der Waals surface area contributed by atoms with E-state index in [0.717, 1.165) is 12.6 Å². The molecule has 1 heterocycles. The fraction of sp³-hybridized carbons (Fsp3) is 0.455. The Morgan fingerprint density at radius 2 is 2.07 bits per heavy atom. The van der Waals surface area contributed by atoms with Crippen molar-refractivity contribution >= 4 is 0 Å². The van der Waals surface area contributed by atoms with Crippen LogP contribution in [0.2, 0.25) is 0 Å².